The Bertz CT molecular complexity index is 370. The summed E-state index contributed by atoms with van der Waals surface area (Å²) in [5.74, 6) is 0.613. The molecule has 1 nitrogen and oxygen atoms in total. The van der Waals surface area contributed by atoms with Crippen LogP contribution in [0.15, 0.2) is 18.2 Å². The minimum Gasteiger partial charge on any atom is -0.380 e. The molecular weight excluding hydrogens is 208 g/mol. The first-order valence-corrected chi connectivity index (χ1v) is 5.78. The highest BCUT2D eigenvalue weighted by atomic mass is 19.1. The average molecular weight is 225 g/mol. The fourth-order valence-corrected chi connectivity index (χ4v) is 2.15. The molecule has 0 aliphatic heterocycles. The minimum atomic E-state index is -0.399. The van der Waals surface area contributed by atoms with E-state index in [4.69, 9.17) is 0 Å². The van der Waals surface area contributed by atoms with Crippen molar-refractivity contribution in [2.45, 2.75) is 32.7 Å². The van der Waals surface area contributed by atoms with Crippen LogP contribution in [0.3, 0.4) is 0 Å². The predicted octanol–water partition coefficient (Wildman–Crippen LogP) is 3.81. The lowest BCUT2D eigenvalue weighted by Gasteiger charge is -2.39. The second-order valence-electron chi connectivity index (χ2n) is 4.94. The summed E-state index contributed by atoms with van der Waals surface area (Å²) < 4.78 is 26.2. The summed E-state index contributed by atoms with van der Waals surface area (Å²) in [6.07, 6.45) is 2.10. The van der Waals surface area contributed by atoms with Crippen molar-refractivity contribution in [2.75, 3.05) is 5.32 Å². The van der Waals surface area contributed by atoms with E-state index in [1.54, 1.807) is 0 Å². The van der Waals surface area contributed by atoms with E-state index in [-0.39, 0.29) is 11.5 Å². The SMILES string of the molecule is CC(C)C1CC(Nc2cc(F)ccc2F)C1. The number of rotatable bonds is 3. The molecule has 1 aliphatic carbocycles. The summed E-state index contributed by atoms with van der Waals surface area (Å²) in [5.41, 5.74) is 0.284. The molecule has 0 heterocycles. The second-order valence-corrected chi connectivity index (χ2v) is 4.94. The molecule has 0 amide bonds. The normalized spacial score (nSPS) is 24.3. The zero-order chi connectivity index (χ0) is 11.7. The molecule has 0 radical (unpaired) electrons. The van der Waals surface area contributed by atoms with E-state index in [9.17, 15) is 8.78 Å². The zero-order valence-electron chi connectivity index (χ0n) is 9.63. The topological polar surface area (TPSA) is 12.0 Å². The molecule has 3 heteroatoms. The summed E-state index contributed by atoms with van der Waals surface area (Å²) in [4.78, 5) is 0. The van der Waals surface area contributed by atoms with Crippen LogP contribution < -0.4 is 5.32 Å². The lowest BCUT2D eigenvalue weighted by molar-refractivity contribution is 0.211. The molecule has 1 N–H and O–H groups in total. The largest absolute Gasteiger partial charge is 0.380 e. The summed E-state index contributed by atoms with van der Waals surface area (Å²) in [5, 5.41) is 3.06. The van der Waals surface area contributed by atoms with Crippen molar-refractivity contribution in [3.8, 4) is 0 Å². The van der Waals surface area contributed by atoms with E-state index in [2.05, 4.69) is 19.2 Å². The minimum absolute atomic E-state index is 0.284. The number of hydrogen-bond donors (Lipinski definition) is 1. The smallest absolute Gasteiger partial charge is 0.146 e. The van der Waals surface area contributed by atoms with Crippen LogP contribution in [0.5, 0.6) is 0 Å². The van der Waals surface area contributed by atoms with Gasteiger partial charge in [0.2, 0.25) is 0 Å². The molecule has 16 heavy (non-hydrogen) atoms. The van der Waals surface area contributed by atoms with Crippen LogP contribution in [0.25, 0.3) is 0 Å². The molecule has 0 spiro atoms. The van der Waals surface area contributed by atoms with Gasteiger partial charge in [-0.2, -0.15) is 0 Å². The van der Waals surface area contributed by atoms with Crippen LogP contribution in [-0.4, -0.2) is 6.04 Å². The summed E-state index contributed by atoms with van der Waals surface area (Å²) in [7, 11) is 0. The van der Waals surface area contributed by atoms with E-state index < -0.39 is 5.82 Å². The zero-order valence-corrected chi connectivity index (χ0v) is 9.63. The van der Waals surface area contributed by atoms with E-state index in [0.29, 0.717) is 17.9 Å². The molecule has 0 aromatic heterocycles. The van der Waals surface area contributed by atoms with E-state index in [1.807, 2.05) is 0 Å². The summed E-state index contributed by atoms with van der Waals surface area (Å²) >= 11 is 0. The molecule has 0 saturated heterocycles. The Balaban J connectivity index is 1.94. The van der Waals surface area contributed by atoms with Gasteiger partial charge in [-0.15, -0.1) is 0 Å². The molecule has 0 bridgehead atoms. The molecule has 1 saturated carbocycles. The fourth-order valence-electron chi connectivity index (χ4n) is 2.15. The monoisotopic (exact) mass is 225 g/mol. The molecule has 1 fully saturated rings. The molecule has 88 valence electrons. The molecule has 1 aromatic carbocycles. The summed E-state index contributed by atoms with van der Waals surface area (Å²) in [6, 6.07) is 3.82. The van der Waals surface area contributed by atoms with E-state index in [0.717, 1.165) is 25.0 Å². The van der Waals surface area contributed by atoms with Crippen molar-refractivity contribution in [1.82, 2.24) is 0 Å². The van der Waals surface area contributed by atoms with Crippen LogP contribution in [0, 0.1) is 23.5 Å². The number of hydrogen-bond acceptors (Lipinski definition) is 1. The first kappa shape index (κ1) is 11.4. The third kappa shape index (κ3) is 2.34. The highest BCUT2D eigenvalue weighted by Gasteiger charge is 2.31. The lowest BCUT2D eigenvalue weighted by Crippen LogP contribution is -2.38. The van der Waals surface area contributed by atoms with Gasteiger partial charge >= 0.3 is 0 Å². The first-order chi connectivity index (χ1) is 7.56. The first-order valence-electron chi connectivity index (χ1n) is 5.78. The third-order valence-electron chi connectivity index (χ3n) is 3.41. The van der Waals surface area contributed by atoms with Gasteiger partial charge in [0.25, 0.3) is 0 Å². The van der Waals surface area contributed by atoms with Gasteiger partial charge < -0.3 is 5.32 Å². The van der Waals surface area contributed by atoms with Gasteiger partial charge in [-0.25, -0.2) is 8.78 Å². The highest BCUT2D eigenvalue weighted by molar-refractivity contribution is 5.46. The maximum Gasteiger partial charge on any atom is 0.146 e. The Morgan fingerprint density at radius 2 is 1.94 bits per heavy atom. The van der Waals surface area contributed by atoms with E-state index in [1.165, 1.54) is 6.07 Å². The molecular formula is C13H17F2N. The Morgan fingerprint density at radius 3 is 2.56 bits per heavy atom. The summed E-state index contributed by atoms with van der Waals surface area (Å²) in [6.45, 7) is 4.40. The second kappa shape index (κ2) is 4.40. The van der Waals surface area contributed by atoms with Crippen molar-refractivity contribution >= 4 is 5.69 Å². The lowest BCUT2D eigenvalue weighted by atomic mass is 9.73. The van der Waals surface area contributed by atoms with Crippen molar-refractivity contribution in [3.63, 3.8) is 0 Å². The third-order valence-corrected chi connectivity index (χ3v) is 3.41. The Hall–Kier alpha value is -1.12. The van der Waals surface area contributed by atoms with Crippen LogP contribution in [0.4, 0.5) is 14.5 Å². The Labute approximate surface area is 94.9 Å². The Morgan fingerprint density at radius 1 is 1.25 bits per heavy atom. The van der Waals surface area contributed by atoms with Gasteiger partial charge in [0.15, 0.2) is 0 Å². The Kier molecular flexibility index (Phi) is 3.13. The van der Waals surface area contributed by atoms with Crippen molar-refractivity contribution in [2.24, 2.45) is 11.8 Å². The van der Waals surface area contributed by atoms with Crippen LogP contribution in [0.1, 0.15) is 26.7 Å². The van der Waals surface area contributed by atoms with Gasteiger partial charge in [0.05, 0.1) is 5.69 Å². The number of halogens is 2. The van der Waals surface area contributed by atoms with Crippen molar-refractivity contribution < 1.29 is 8.78 Å². The van der Waals surface area contributed by atoms with Crippen molar-refractivity contribution in [3.05, 3.63) is 29.8 Å². The maximum atomic E-state index is 13.3. The molecule has 0 unspecified atom stereocenters. The molecule has 1 aliphatic rings. The molecule has 1 aromatic rings. The number of anilines is 1. The molecule has 0 atom stereocenters. The van der Waals surface area contributed by atoms with Crippen LogP contribution in [-0.2, 0) is 0 Å². The van der Waals surface area contributed by atoms with Gasteiger partial charge in [-0.3, -0.25) is 0 Å². The van der Waals surface area contributed by atoms with E-state index >= 15 is 0 Å². The quantitative estimate of drug-likeness (QED) is 0.824. The van der Waals surface area contributed by atoms with Gasteiger partial charge in [-0.05, 0) is 42.9 Å². The van der Waals surface area contributed by atoms with Gasteiger partial charge in [0.1, 0.15) is 11.6 Å². The van der Waals surface area contributed by atoms with Gasteiger partial charge in [-0.1, -0.05) is 13.8 Å². The van der Waals surface area contributed by atoms with Gasteiger partial charge in [0, 0.05) is 6.04 Å². The fraction of sp³-hybridized carbons (Fsp3) is 0.538. The number of nitrogens with one attached hydrogen (secondary N) is 1. The predicted molar refractivity (Wildman–Crippen MR) is 61.3 cm³/mol. The maximum absolute atomic E-state index is 13.3. The van der Waals surface area contributed by atoms with Crippen LogP contribution >= 0.6 is 0 Å². The standard InChI is InChI=1S/C13H17F2N/c1-8(2)9-5-11(6-9)16-13-7-10(14)3-4-12(13)15/h3-4,7-9,11,16H,5-6H2,1-2H3. The highest BCUT2D eigenvalue weighted by Crippen LogP contribution is 2.35. The number of benzene rings is 1. The van der Waals surface area contributed by atoms with Crippen molar-refractivity contribution in [1.29, 1.82) is 0 Å². The average Bonchev–Trinajstić information content (AvgIpc) is 2.15. The molecule has 2 rings (SSSR count). The van der Waals surface area contributed by atoms with Crippen LogP contribution in [0.2, 0.25) is 0 Å².